The summed E-state index contributed by atoms with van der Waals surface area (Å²) in [6.07, 6.45) is 0. The van der Waals surface area contributed by atoms with Gasteiger partial charge in [-0.1, -0.05) is 49.4 Å². The molecule has 2 heterocycles. The molecule has 1 atom stereocenters. The van der Waals surface area contributed by atoms with Crippen molar-refractivity contribution >= 4 is 28.3 Å². The summed E-state index contributed by atoms with van der Waals surface area (Å²) >= 11 is 1.52. The van der Waals surface area contributed by atoms with Crippen LogP contribution in [0.3, 0.4) is 0 Å². The van der Waals surface area contributed by atoms with Crippen LogP contribution >= 0.6 is 11.3 Å². The van der Waals surface area contributed by atoms with Gasteiger partial charge in [-0.3, -0.25) is 4.79 Å². The zero-order chi connectivity index (χ0) is 18.6. The van der Waals surface area contributed by atoms with Crippen molar-refractivity contribution in [3.05, 3.63) is 71.1 Å². The number of amides is 1. The number of rotatable bonds is 6. The van der Waals surface area contributed by atoms with Gasteiger partial charge in [0.05, 0.1) is 16.5 Å². The summed E-state index contributed by atoms with van der Waals surface area (Å²) in [5.41, 5.74) is 5.59. The second-order valence-corrected chi connectivity index (χ2v) is 7.22. The maximum Gasteiger partial charge on any atom is 0.240 e. The third kappa shape index (κ3) is 3.75. The highest BCUT2D eigenvalue weighted by Crippen LogP contribution is 2.24. The molecule has 0 aliphatic carbocycles. The first-order valence-electron chi connectivity index (χ1n) is 8.88. The van der Waals surface area contributed by atoms with Crippen molar-refractivity contribution in [2.24, 2.45) is 0 Å². The molecule has 2 aromatic carbocycles. The second kappa shape index (κ2) is 7.72. The predicted molar refractivity (Wildman–Crippen MR) is 109 cm³/mol. The van der Waals surface area contributed by atoms with E-state index in [1.807, 2.05) is 52.4 Å². The van der Waals surface area contributed by atoms with Gasteiger partial charge in [-0.05, 0) is 23.6 Å². The molecular formula is C21H20N4OS. The van der Waals surface area contributed by atoms with Crippen molar-refractivity contribution in [1.82, 2.24) is 19.9 Å². The molecule has 1 N–H and O–H groups in total. The van der Waals surface area contributed by atoms with Crippen LogP contribution in [0.4, 0.5) is 0 Å². The molecule has 136 valence electrons. The fourth-order valence-corrected chi connectivity index (χ4v) is 3.65. The molecule has 0 aliphatic rings. The van der Waals surface area contributed by atoms with Gasteiger partial charge in [-0.25, -0.2) is 9.97 Å². The van der Waals surface area contributed by atoms with Crippen LogP contribution < -0.4 is 5.32 Å². The summed E-state index contributed by atoms with van der Waals surface area (Å²) < 4.78 is 1.94. The van der Waals surface area contributed by atoms with Gasteiger partial charge in [-0.2, -0.15) is 0 Å². The van der Waals surface area contributed by atoms with Crippen LogP contribution in [0.15, 0.2) is 65.5 Å². The van der Waals surface area contributed by atoms with E-state index in [0.29, 0.717) is 6.54 Å². The van der Waals surface area contributed by atoms with E-state index < -0.39 is 0 Å². The molecule has 5 nitrogen and oxygen atoms in total. The first kappa shape index (κ1) is 17.4. The standard InChI is InChI=1S/C21H20N4OS/c1-15(16-7-3-2-4-8-16)11-22-20(26)12-25-19-10-6-5-9-17(19)24-21(25)18-13-27-14-23-18/h2-10,13-15H,11-12H2,1H3,(H,22,26). The van der Waals surface area contributed by atoms with Crippen molar-refractivity contribution in [2.45, 2.75) is 19.4 Å². The Labute approximate surface area is 161 Å². The van der Waals surface area contributed by atoms with Crippen LogP contribution in [-0.4, -0.2) is 27.0 Å². The zero-order valence-corrected chi connectivity index (χ0v) is 15.8. The molecule has 0 saturated carbocycles. The molecule has 1 amide bonds. The lowest BCUT2D eigenvalue weighted by Gasteiger charge is -2.14. The topological polar surface area (TPSA) is 59.8 Å². The number of thiazole rings is 1. The van der Waals surface area contributed by atoms with E-state index in [4.69, 9.17) is 0 Å². The number of para-hydroxylation sites is 2. The lowest BCUT2D eigenvalue weighted by molar-refractivity contribution is -0.121. The van der Waals surface area contributed by atoms with E-state index in [9.17, 15) is 4.79 Å². The molecule has 0 fully saturated rings. The largest absolute Gasteiger partial charge is 0.354 e. The number of aromatic nitrogens is 3. The second-order valence-electron chi connectivity index (χ2n) is 6.50. The third-order valence-corrected chi connectivity index (χ3v) is 5.18. The van der Waals surface area contributed by atoms with E-state index in [2.05, 4.69) is 34.3 Å². The van der Waals surface area contributed by atoms with E-state index in [1.54, 1.807) is 5.51 Å². The lowest BCUT2D eigenvalue weighted by Crippen LogP contribution is -2.31. The number of nitrogens with zero attached hydrogens (tertiary/aromatic N) is 3. The number of carbonyl (C=O) groups excluding carboxylic acids is 1. The summed E-state index contributed by atoms with van der Waals surface area (Å²) in [6, 6.07) is 18.1. The van der Waals surface area contributed by atoms with Crippen LogP contribution in [0.1, 0.15) is 18.4 Å². The molecule has 6 heteroatoms. The maximum absolute atomic E-state index is 12.6. The minimum absolute atomic E-state index is 0.0302. The predicted octanol–water partition coefficient (Wildman–Crippen LogP) is 4.08. The van der Waals surface area contributed by atoms with Crippen LogP contribution in [0.5, 0.6) is 0 Å². The average molecular weight is 376 g/mol. The number of hydrogen-bond donors (Lipinski definition) is 1. The number of hydrogen-bond acceptors (Lipinski definition) is 4. The molecule has 27 heavy (non-hydrogen) atoms. The van der Waals surface area contributed by atoms with Crippen molar-refractivity contribution < 1.29 is 4.79 Å². The molecule has 2 aromatic heterocycles. The summed E-state index contributed by atoms with van der Waals surface area (Å²) in [4.78, 5) is 21.7. The molecule has 4 aromatic rings. The SMILES string of the molecule is CC(CNC(=O)Cn1c(-c2cscn2)nc2ccccc21)c1ccccc1. The van der Waals surface area contributed by atoms with Crippen LogP contribution in [0.2, 0.25) is 0 Å². The Morgan fingerprint density at radius 3 is 2.70 bits per heavy atom. The molecular weight excluding hydrogens is 356 g/mol. The van der Waals surface area contributed by atoms with Crippen molar-refractivity contribution in [1.29, 1.82) is 0 Å². The van der Waals surface area contributed by atoms with E-state index >= 15 is 0 Å². The van der Waals surface area contributed by atoms with Crippen molar-refractivity contribution in [2.75, 3.05) is 6.54 Å². The van der Waals surface area contributed by atoms with Crippen LogP contribution in [0, 0.1) is 0 Å². The quantitative estimate of drug-likeness (QED) is 0.552. The maximum atomic E-state index is 12.6. The van der Waals surface area contributed by atoms with Crippen LogP contribution in [-0.2, 0) is 11.3 Å². The molecule has 0 saturated heterocycles. The Balaban J connectivity index is 1.52. The third-order valence-electron chi connectivity index (χ3n) is 4.59. The summed E-state index contributed by atoms with van der Waals surface area (Å²) in [6.45, 7) is 2.93. The Hall–Kier alpha value is -2.99. The monoisotopic (exact) mass is 376 g/mol. The highest BCUT2D eigenvalue weighted by atomic mass is 32.1. The summed E-state index contributed by atoms with van der Waals surface area (Å²) in [7, 11) is 0. The molecule has 4 rings (SSSR count). The van der Waals surface area contributed by atoms with Gasteiger partial charge in [0.25, 0.3) is 0 Å². The molecule has 0 radical (unpaired) electrons. The van der Waals surface area contributed by atoms with E-state index in [1.165, 1.54) is 16.9 Å². The minimum atomic E-state index is -0.0302. The highest BCUT2D eigenvalue weighted by Gasteiger charge is 2.16. The number of imidazole rings is 1. The van der Waals surface area contributed by atoms with Crippen molar-refractivity contribution in [3.63, 3.8) is 0 Å². The van der Waals surface area contributed by atoms with Gasteiger partial charge in [0.1, 0.15) is 12.2 Å². The molecule has 1 unspecified atom stereocenters. The van der Waals surface area contributed by atoms with Gasteiger partial charge in [-0.15, -0.1) is 11.3 Å². The molecule has 0 bridgehead atoms. The Morgan fingerprint density at radius 2 is 1.93 bits per heavy atom. The first-order chi connectivity index (χ1) is 13.2. The van der Waals surface area contributed by atoms with Gasteiger partial charge in [0, 0.05) is 11.9 Å². The lowest BCUT2D eigenvalue weighted by atomic mass is 10.0. The van der Waals surface area contributed by atoms with E-state index in [-0.39, 0.29) is 18.4 Å². The smallest absolute Gasteiger partial charge is 0.240 e. The van der Waals surface area contributed by atoms with Crippen LogP contribution in [0.25, 0.3) is 22.6 Å². The van der Waals surface area contributed by atoms with Gasteiger partial charge in [0.2, 0.25) is 5.91 Å². The van der Waals surface area contributed by atoms with Crippen molar-refractivity contribution in [3.8, 4) is 11.5 Å². The Bertz CT molecular complexity index is 1040. The number of carbonyl (C=O) groups is 1. The zero-order valence-electron chi connectivity index (χ0n) is 15.0. The highest BCUT2D eigenvalue weighted by molar-refractivity contribution is 7.07. The van der Waals surface area contributed by atoms with Gasteiger partial charge < -0.3 is 9.88 Å². The fourth-order valence-electron chi connectivity index (χ4n) is 3.12. The molecule has 0 aliphatic heterocycles. The Kier molecular flexibility index (Phi) is 4.98. The van der Waals surface area contributed by atoms with Gasteiger partial charge >= 0.3 is 0 Å². The van der Waals surface area contributed by atoms with E-state index in [0.717, 1.165) is 22.6 Å². The molecule has 0 spiro atoms. The fraction of sp³-hybridized carbons (Fsp3) is 0.190. The first-order valence-corrected chi connectivity index (χ1v) is 9.82. The summed E-state index contributed by atoms with van der Waals surface area (Å²) in [5, 5.41) is 5.00. The number of benzene rings is 2. The summed E-state index contributed by atoms with van der Waals surface area (Å²) in [5.74, 6) is 0.953. The van der Waals surface area contributed by atoms with Gasteiger partial charge in [0.15, 0.2) is 5.82 Å². The minimum Gasteiger partial charge on any atom is -0.354 e. The average Bonchev–Trinajstić information content (AvgIpc) is 3.35. The number of nitrogens with one attached hydrogen (secondary N) is 1. The Morgan fingerprint density at radius 1 is 1.15 bits per heavy atom. The normalized spacial score (nSPS) is 12.2. The number of fused-ring (bicyclic) bond motifs is 1.